The molecule has 10 aromatic heterocycles. The molecule has 16 nitrogen and oxygen atoms in total. The van der Waals surface area contributed by atoms with E-state index in [-0.39, 0.29) is 0 Å². The molecule has 0 aliphatic carbocycles. The van der Waals surface area contributed by atoms with Gasteiger partial charge < -0.3 is 0 Å². The molecule has 660 valence electrons. The highest BCUT2D eigenvalue weighted by Crippen LogP contribution is 2.43. The van der Waals surface area contributed by atoms with Crippen LogP contribution in [0.15, 0.2) is 449 Å². The van der Waals surface area contributed by atoms with Crippen molar-refractivity contribution in [2.45, 2.75) is 0 Å². The number of para-hydroxylation sites is 3. The van der Waals surface area contributed by atoms with E-state index in [1.807, 2.05) is 176 Å². The highest BCUT2D eigenvalue weighted by atomic mass is 32.1. The SMILES string of the molecule is c1ccc(-c2ccc(-c3nc(-c4ccccc4)nc(-c4cccc(-c5ccc6c(c5)sc5nc7ccccc7nc56)c4)n3)cc2)cc1.c1ccc(-c2ccc(-c3nc(-c4ccccc4)nc(-c4cccc(-c5ccc6nc7sc8ccccc8c7nc6c5)c4)n3)cc2)cc1.c1ccc(-c2ccc(-c3nc(-c4ccccc4)nc(-c4cccc(-c5ncnc6c5sc5nc7ccccc7cc56)c4)n3)cc2)cc1. The summed E-state index contributed by atoms with van der Waals surface area (Å²) >= 11 is 4.98. The molecule has 19 heteroatoms. The lowest BCUT2D eigenvalue weighted by Gasteiger charge is -2.10. The Morgan fingerprint density at radius 1 is 0.149 bits per heavy atom. The second kappa shape index (κ2) is 37.0. The Morgan fingerprint density at radius 3 is 0.929 bits per heavy atom. The van der Waals surface area contributed by atoms with E-state index in [0.717, 1.165) is 190 Å². The van der Waals surface area contributed by atoms with E-state index in [0.29, 0.717) is 52.4 Å². The van der Waals surface area contributed by atoms with Gasteiger partial charge in [0, 0.05) is 86.6 Å². The molecule has 27 rings (SSSR count). The van der Waals surface area contributed by atoms with Crippen molar-refractivity contribution in [1.29, 1.82) is 0 Å². The van der Waals surface area contributed by atoms with E-state index in [1.165, 1.54) is 21.4 Å². The Morgan fingerprint density at radius 2 is 0.454 bits per heavy atom. The van der Waals surface area contributed by atoms with Crippen molar-refractivity contribution in [2.75, 3.05) is 0 Å². The van der Waals surface area contributed by atoms with Gasteiger partial charge in [-0.15, -0.1) is 34.0 Å². The Bertz CT molecular complexity index is 9410. The number of aromatic nitrogens is 16. The molecular weight excluding hydrogens is 1790 g/mol. The van der Waals surface area contributed by atoms with Crippen molar-refractivity contribution in [3.05, 3.63) is 449 Å². The predicted octanol–water partition coefficient (Wildman–Crippen LogP) is 30.9. The lowest BCUT2D eigenvalue weighted by molar-refractivity contribution is 1.07. The molecule has 10 heterocycles. The van der Waals surface area contributed by atoms with E-state index in [4.69, 9.17) is 74.8 Å². The lowest BCUT2D eigenvalue weighted by atomic mass is 10.0. The molecule has 0 atom stereocenters. The zero-order chi connectivity index (χ0) is 93.5. The zero-order valence-corrected chi connectivity index (χ0v) is 77.6. The minimum Gasteiger partial charge on any atom is -0.243 e. The fourth-order valence-corrected chi connectivity index (χ4v) is 21.0. The average molecular weight is 1860 g/mol. The van der Waals surface area contributed by atoms with Crippen LogP contribution >= 0.6 is 34.0 Å². The maximum Gasteiger partial charge on any atom is 0.164 e. The van der Waals surface area contributed by atoms with Crippen molar-refractivity contribution in [3.8, 4) is 169 Å². The molecule has 0 radical (unpaired) electrons. The van der Waals surface area contributed by atoms with Gasteiger partial charge in [-0.2, -0.15) is 0 Å². The Balaban J connectivity index is 0.000000111. The minimum absolute atomic E-state index is 0.595. The van der Waals surface area contributed by atoms with Crippen LogP contribution in [-0.2, 0) is 0 Å². The predicted molar refractivity (Wildman–Crippen MR) is 577 cm³/mol. The Kier molecular flexibility index (Phi) is 22.1. The van der Waals surface area contributed by atoms with Gasteiger partial charge in [0.25, 0.3) is 0 Å². The van der Waals surface area contributed by atoms with Crippen LogP contribution in [0.5, 0.6) is 0 Å². The number of benzene rings is 17. The fraction of sp³-hybridized carbons (Fsp3) is 0. The summed E-state index contributed by atoms with van der Waals surface area (Å²) in [5.41, 5.74) is 28.8. The van der Waals surface area contributed by atoms with E-state index in [1.54, 1.807) is 40.3 Å². The van der Waals surface area contributed by atoms with Gasteiger partial charge in [0.15, 0.2) is 52.4 Å². The second-order valence-corrected chi connectivity index (χ2v) is 37.0. The van der Waals surface area contributed by atoms with Crippen molar-refractivity contribution < 1.29 is 0 Å². The molecule has 0 fully saturated rings. The quantitative estimate of drug-likeness (QED) is 0.0935. The van der Waals surface area contributed by atoms with Gasteiger partial charge in [0.1, 0.15) is 31.9 Å². The van der Waals surface area contributed by atoms with Crippen LogP contribution < -0.4 is 0 Å². The summed E-state index contributed by atoms with van der Waals surface area (Å²) < 4.78 is 3.36. The van der Waals surface area contributed by atoms with Gasteiger partial charge in [0.2, 0.25) is 0 Å². The van der Waals surface area contributed by atoms with Crippen LogP contribution in [0.1, 0.15) is 0 Å². The summed E-state index contributed by atoms with van der Waals surface area (Å²) in [4.78, 5) is 81.7. The Hall–Kier alpha value is -18.4. The van der Waals surface area contributed by atoms with Gasteiger partial charge in [-0.1, -0.05) is 376 Å². The first kappa shape index (κ1) is 84.4. The van der Waals surface area contributed by atoms with Gasteiger partial charge in [-0.05, 0) is 122 Å². The molecule has 0 amide bonds. The van der Waals surface area contributed by atoms with Gasteiger partial charge in [-0.25, -0.2) is 79.7 Å². The first-order valence-corrected chi connectivity index (χ1v) is 48.6. The fourth-order valence-electron chi connectivity index (χ4n) is 17.8. The van der Waals surface area contributed by atoms with Crippen LogP contribution in [0.4, 0.5) is 0 Å². The summed E-state index contributed by atoms with van der Waals surface area (Å²) in [7, 11) is 0. The van der Waals surface area contributed by atoms with Crippen LogP contribution in [0.3, 0.4) is 0 Å². The van der Waals surface area contributed by atoms with E-state index < -0.39 is 0 Å². The molecule has 0 N–H and O–H groups in total. The molecule has 0 spiro atoms. The largest absolute Gasteiger partial charge is 0.243 e. The maximum absolute atomic E-state index is 5.06. The summed E-state index contributed by atoms with van der Waals surface area (Å²) in [5, 5.41) is 4.40. The number of nitrogens with zero attached hydrogens (tertiary/aromatic N) is 16. The highest BCUT2D eigenvalue weighted by molar-refractivity contribution is 7.26. The second-order valence-electron chi connectivity index (χ2n) is 34.0. The summed E-state index contributed by atoms with van der Waals surface area (Å²) in [5.74, 6) is 5.63. The van der Waals surface area contributed by atoms with E-state index in [9.17, 15) is 0 Å². The molecule has 0 saturated heterocycles. The van der Waals surface area contributed by atoms with Crippen LogP contribution in [-0.4, -0.2) is 79.7 Å². The third-order valence-electron chi connectivity index (χ3n) is 25.0. The molecule has 0 bridgehead atoms. The number of fused-ring (bicyclic) bond motifs is 12. The van der Waals surface area contributed by atoms with Crippen molar-refractivity contribution in [1.82, 2.24) is 79.7 Å². The van der Waals surface area contributed by atoms with Crippen LogP contribution in [0, 0.1) is 0 Å². The molecule has 0 aliphatic rings. The lowest BCUT2D eigenvalue weighted by Crippen LogP contribution is -2.00. The van der Waals surface area contributed by atoms with Crippen molar-refractivity contribution in [2.24, 2.45) is 0 Å². The minimum atomic E-state index is 0.595. The summed E-state index contributed by atoms with van der Waals surface area (Å²) in [6.45, 7) is 0. The third kappa shape index (κ3) is 17.1. The van der Waals surface area contributed by atoms with Crippen molar-refractivity contribution >= 4 is 128 Å². The number of pyridine rings is 1. The monoisotopic (exact) mass is 1860 g/mol. The molecule has 0 aliphatic heterocycles. The molecule has 141 heavy (non-hydrogen) atoms. The normalized spacial score (nSPS) is 11.4. The standard InChI is InChI=1S/2C41H25N5S.C40H24N6S/c1-3-10-26(11-4-1)27-18-20-29(21-19-27)39-44-38(28-12-5-2-6-13-28)45-40(46-39)32-15-9-14-30(24-32)31-22-23-33-36(25-31)47-41-37(33)42-34-16-7-8-17-35(34)43-41;1-3-10-26(11-4-1)27-18-20-29(21-19-27)39-44-38(28-12-5-2-6-13-28)45-40(46-39)32-15-9-14-30(24-32)31-22-23-34-35(25-31)42-37-33-16-7-8-17-36(33)47-41(37)43-34;1-3-10-25(11-4-1)26-18-20-28(21-19-26)38-44-37(27-12-5-2-6-13-27)45-39(46-38)31-16-9-15-30(22-31)34-36-35(42-24-41-34)32-23-29-14-7-8-17-33(29)43-40(32)47-36/h2*1-25H;1-24H. The number of hydrogen-bond donors (Lipinski definition) is 0. The summed E-state index contributed by atoms with van der Waals surface area (Å²) in [6, 6.07) is 151. The van der Waals surface area contributed by atoms with Gasteiger partial charge in [0.05, 0.1) is 43.5 Å². The zero-order valence-electron chi connectivity index (χ0n) is 75.1. The number of thiophene rings is 3. The average Bonchev–Trinajstić information content (AvgIpc) is 1.55. The molecule has 0 unspecified atom stereocenters. The molecular formula is C122H74N16S3. The van der Waals surface area contributed by atoms with Gasteiger partial charge >= 0.3 is 0 Å². The van der Waals surface area contributed by atoms with Crippen LogP contribution in [0.2, 0.25) is 0 Å². The van der Waals surface area contributed by atoms with E-state index in [2.05, 4.69) is 272 Å². The highest BCUT2D eigenvalue weighted by Gasteiger charge is 2.23. The maximum atomic E-state index is 5.06. The molecule has 0 saturated carbocycles. The number of hydrogen-bond acceptors (Lipinski definition) is 19. The first-order chi connectivity index (χ1) is 69.8. The molecule has 17 aromatic carbocycles. The van der Waals surface area contributed by atoms with Crippen molar-refractivity contribution in [3.63, 3.8) is 0 Å². The number of rotatable bonds is 15. The third-order valence-corrected chi connectivity index (χ3v) is 28.1. The summed E-state index contributed by atoms with van der Waals surface area (Å²) in [6.07, 6.45) is 1.64. The Labute approximate surface area is 820 Å². The van der Waals surface area contributed by atoms with Gasteiger partial charge in [-0.3, -0.25) is 0 Å². The molecule has 27 aromatic rings. The topological polar surface area (TPSA) is 206 Å². The smallest absolute Gasteiger partial charge is 0.164 e. The first-order valence-electron chi connectivity index (χ1n) is 46.1. The van der Waals surface area contributed by atoms with E-state index >= 15 is 0 Å². The van der Waals surface area contributed by atoms with Crippen LogP contribution in [0.25, 0.3) is 264 Å².